The summed E-state index contributed by atoms with van der Waals surface area (Å²) in [7, 11) is 5.39. The zero-order valence-corrected chi connectivity index (χ0v) is 12.6. The van der Waals surface area contributed by atoms with E-state index in [1.807, 2.05) is 31.1 Å². The standard InChI is InChI=1S/C15H22N2O4/c1-17(2)10-11-4-6-12(7-5-11)15(20)16-9-13(21-3)8-14(18)19/h4-7,13H,8-10H2,1-3H3,(H,16,20)(H,18,19). The van der Waals surface area contributed by atoms with Crippen LogP contribution in [0.4, 0.5) is 0 Å². The fraction of sp³-hybridized carbons (Fsp3) is 0.467. The summed E-state index contributed by atoms with van der Waals surface area (Å²) in [5, 5.41) is 11.4. The molecule has 1 unspecified atom stereocenters. The van der Waals surface area contributed by atoms with Crippen LogP contribution in [0, 0.1) is 0 Å². The Kier molecular flexibility index (Phi) is 6.84. The second-order valence-electron chi connectivity index (χ2n) is 5.10. The van der Waals surface area contributed by atoms with E-state index in [1.165, 1.54) is 7.11 Å². The van der Waals surface area contributed by atoms with E-state index in [9.17, 15) is 9.59 Å². The summed E-state index contributed by atoms with van der Waals surface area (Å²) in [6.45, 7) is 0.980. The SMILES string of the molecule is COC(CNC(=O)c1ccc(CN(C)C)cc1)CC(=O)O. The molecule has 0 radical (unpaired) electrons. The molecule has 6 heteroatoms. The minimum atomic E-state index is -0.955. The minimum absolute atomic E-state index is 0.140. The van der Waals surface area contributed by atoms with Crippen molar-refractivity contribution in [3.8, 4) is 0 Å². The smallest absolute Gasteiger partial charge is 0.306 e. The first-order valence-electron chi connectivity index (χ1n) is 6.68. The highest BCUT2D eigenvalue weighted by Crippen LogP contribution is 2.06. The Balaban J connectivity index is 2.53. The van der Waals surface area contributed by atoms with E-state index in [1.54, 1.807) is 12.1 Å². The second-order valence-corrected chi connectivity index (χ2v) is 5.10. The van der Waals surface area contributed by atoms with Gasteiger partial charge < -0.3 is 20.1 Å². The van der Waals surface area contributed by atoms with E-state index in [0.717, 1.165) is 12.1 Å². The van der Waals surface area contributed by atoms with Crippen LogP contribution in [0.2, 0.25) is 0 Å². The maximum absolute atomic E-state index is 12.0. The lowest BCUT2D eigenvalue weighted by Gasteiger charge is -2.14. The highest BCUT2D eigenvalue weighted by molar-refractivity contribution is 5.94. The monoisotopic (exact) mass is 294 g/mol. The van der Waals surface area contributed by atoms with E-state index in [4.69, 9.17) is 9.84 Å². The minimum Gasteiger partial charge on any atom is -0.481 e. The first kappa shape index (κ1) is 17.1. The first-order chi connectivity index (χ1) is 9.92. The average molecular weight is 294 g/mol. The summed E-state index contributed by atoms with van der Waals surface area (Å²) in [4.78, 5) is 24.6. The number of carboxylic acid groups (broad SMARTS) is 1. The van der Waals surface area contributed by atoms with E-state index in [0.29, 0.717) is 5.56 Å². The number of nitrogens with one attached hydrogen (secondary N) is 1. The molecular formula is C15H22N2O4. The molecule has 1 rings (SSSR count). The van der Waals surface area contributed by atoms with Crippen LogP contribution >= 0.6 is 0 Å². The van der Waals surface area contributed by atoms with Gasteiger partial charge in [0, 0.05) is 25.8 Å². The van der Waals surface area contributed by atoms with E-state index in [2.05, 4.69) is 5.32 Å². The number of hydrogen-bond donors (Lipinski definition) is 2. The molecule has 0 aliphatic rings. The number of amides is 1. The van der Waals surface area contributed by atoms with E-state index < -0.39 is 12.1 Å². The van der Waals surface area contributed by atoms with Crippen LogP contribution in [-0.4, -0.2) is 55.7 Å². The number of ether oxygens (including phenoxy) is 1. The van der Waals surface area contributed by atoms with Crippen molar-refractivity contribution in [2.75, 3.05) is 27.7 Å². The van der Waals surface area contributed by atoms with Gasteiger partial charge in [0.1, 0.15) is 0 Å². The third-order valence-electron chi connectivity index (χ3n) is 2.94. The van der Waals surface area contributed by atoms with Crippen LogP contribution in [0.5, 0.6) is 0 Å². The molecule has 1 atom stereocenters. The summed E-state index contributed by atoms with van der Waals surface area (Å²) in [5.74, 6) is -1.19. The van der Waals surface area contributed by atoms with Crippen molar-refractivity contribution in [3.63, 3.8) is 0 Å². The topological polar surface area (TPSA) is 78.9 Å². The largest absolute Gasteiger partial charge is 0.481 e. The van der Waals surface area contributed by atoms with Crippen molar-refractivity contribution < 1.29 is 19.4 Å². The molecule has 0 fully saturated rings. The number of hydrogen-bond acceptors (Lipinski definition) is 4. The highest BCUT2D eigenvalue weighted by atomic mass is 16.5. The number of methoxy groups -OCH3 is 1. The molecule has 2 N–H and O–H groups in total. The molecule has 0 spiro atoms. The quantitative estimate of drug-likeness (QED) is 0.747. The third kappa shape index (κ3) is 6.37. The van der Waals surface area contributed by atoms with Gasteiger partial charge in [0.25, 0.3) is 5.91 Å². The van der Waals surface area contributed by atoms with Crippen LogP contribution in [0.15, 0.2) is 24.3 Å². The van der Waals surface area contributed by atoms with Crippen molar-refractivity contribution >= 4 is 11.9 Å². The van der Waals surface area contributed by atoms with Gasteiger partial charge >= 0.3 is 5.97 Å². The van der Waals surface area contributed by atoms with E-state index in [-0.39, 0.29) is 18.9 Å². The maximum Gasteiger partial charge on any atom is 0.306 e. The lowest BCUT2D eigenvalue weighted by atomic mass is 10.1. The van der Waals surface area contributed by atoms with E-state index >= 15 is 0 Å². The predicted molar refractivity (Wildman–Crippen MR) is 79.2 cm³/mol. The number of carbonyl (C=O) groups is 2. The number of benzene rings is 1. The molecule has 116 valence electrons. The molecule has 0 heterocycles. The first-order valence-corrected chi connectivity index (χ1v) is 6.68. The molecule has 1 amide bonds. The van der Waals surface area contributed by atoms with Gasteiger partial charge in [0.05, 0.1) is 12.5 Å². The molecule has 0 saturated carbocycles. The molecule has 0 aliphatic heterocycles. The molecule has 0 bridgehead atoms. The Morgan fingerprint density at radius 1 is 1.29 bits per heavy atom. The third-order valence-corrected chi connectivity index (χ3v) is 2.94. The van der Waals surface area contributed by atoms with Gasteiger partial charge in [-0.15, -0.1) is 0 Å². The molecule has 1 aromatic rings. The van der Waals surface area contributed by atoms with Crippen LogP contribution in [0.25, 0.3) is 0 Å². The Hall–Kier alpha value is -1.92. The molecule has 0 aromatic heterocycles. The molecular weight excluding hydrogens is 272 g/mol. The lowest BCUT2D eigenvalue weighted by molar-refractivity contribution is -0.139. The summed E-state index contributed by atoms with van der Waals surface area (Å²) in [6, 6.07) is 7.32. The molecule has 0 saturated heterocycles. The zero-order chi connectivity index (χ0) is 15.8. The number of carboxylic acids is 1. The summed E-state index contributed by atoms with van der Waals surface area (Å²) in [5.41, 5.74) is 1.67. The van der Waals surface area contributed by atoms with Crippen molar-refractivity contribution in [1.29, 1.82) is 0 Å². The second kappa shape index (κ2) is 8.39. The molecule has 0 aliphatic carbocycles. The summed E-state index contributed by atoms with van der Waals surface area (Å²) >= 11 is 0. The van der Waals surface area contributed by atoms with Crippen LogP contribution in [-0.2, 0) is 16.1 Å². The van der Waals surface area contributed by atoms with Crippen molar-refractivity contribution in [3.05, 3.63) is 35.4 Å². The van der Waals surface area contributed by atoms with Gasteiger partial charge in [-0.1, -0.05) is 12.1 Å². The number of nitrogens with zero attached hydrogens (tertiary/aromatic N) is 1. The Bertz CT molecular complexity index is 471. The highest BCUT2D eigenvalue weighted by Gasteiger charge is 2.14. The van der Waals surface area contributed by atoms with Crippen LogP contribution in [0.1, 0.15) is 22.3 Å². The normalized spacial score (nSPS) is 12.2. The fourth-order valence-corrected chi connectivity index (χ4v) is 1.87. The summed E-state index contributed by atoms with van der Waals surface area (Å²) < 4.78 is 5.01. The lowest BCUT2D eigenvalue weighted by Crippen LogP contribution is -2.34. The number of aliphatic carboxylic acids is 1. The van der Waals surface area contributed by atoms with Gasteiger partial charge in [-0.05, 0) is 31.8 Å². The number of carbonyl (C=O) groups excluding carboxylic acids is 1. The molecule has 21 heavy (non-hydrogen) atoms. The van der Waals surface area contributed by atoms with Crippen molar-refractivity contribution in [2.24, 2.45) is 0 Å². The Morgan fingerprint density at radius 3 is 2.38 bits per heavy atom. The summed E-state index contributed by atoms with van der Waals surface area (Å²) in [6.07, 6.45) is -0.669. The average Bonchev–Trinajstić information content (AvgIpc) is 2.42. The molecule has 1 aromatic carbocycles. The van der Waals surface area contributed by atoms with Crippen molar-refractivity contribution in [1.82, 2.24) is 10.2 Å². The van der Waals surface area contributed by atoms with Gasteiger partial charge in [0.15, 0.2) is 0 Å². The van der Waals surface area contributed by atoms with Crippen molar-refractivity contribution in [2.45, 2.75) is 19.1 Å². The Morgan fingerprint density at radius 2 is 1.90 bits per heavy atom. The van der Waals surface area contributed by atoms with Crippen LogP contribution < -0.4 is 5.32 Å². The van der Waals surface area contributed by atoms with Gasteiger partial charge in [-0.25, -0.2) is 0 Å². The van der Waals surface area contributed by atoms with Gasteiger partial charge in [0.2, 0.25) is 0 Å². The van der Waals surface area contributed by atoms with Crippen LogP contribution in [0.3, 0.4) is 0 Å². The van der Waals surface area contributed by atoms with Gasteiger partial charge in [-0.3, -0.25) is 9.59 Å². The Labute approximate surface area is 124 Å². The van der Waals surface area contributed by atoms with Gasteiger partial charge in [-0.2, -0.15) is 0 Å². The number of rotatable bonds is 8. The fourth-order valence-electron chi connectivity index (χ4n) is 1.87. The predicted octanol–water partition coefficient (Wildman–Crippen LogP) is 0.968. The molecule has 6 nitrogen and oxygen atoms in total. The zero-order valence-electron chi connectivity index (χ0n) is 12.6. The maximum atomic E-state index is 12.0.